The SMILES string of the molecule is CN=C(NCc1sc(C)nc1C)NCC1(c2cc(C)ccc2OC)CCOCC1. The van der Waals surface area contributed by atoms with Gasteiger partial charge in [0.2, 0.25) is 0 Å². The molecule has 0 unspecified atom stereocenters. The van der Waals surface area contributed by atoms with E-state index in [0.29, 0.717) is 0 Å². The van der Waals surface area contributed by atoms with Gasteiger partial charge < -0.3 is 20.1 Å². The number of hydrogen-bond donors (Lipinski definition) is 2. The van der Waals surface area contributed by atoms with E-state index >= 15 is 0 Å². The summed E-state index contributed by atoms with van der Waals surface area (Å²) in [5.74, 6) is 1.74. The largest absolute Gasteiger partial charge is 0.496 e. The maximum absolute atomic E-state index is 5.71. The molecule has 0 spiro atoms. The number of nitrogens with zero attached hydrogens (tertiary/aromatic N) is 2. The smallest absolute Gasteiger partial charge is 0.191 e. The van der Waals surface area contributed by atoms with E-state index in [9.17, 15) is 0 Å². The normalized spacial score (nSPS) is 16.5. The standard InChI is InChI=1S/C22H32N4O2S/c1-15-6-7-19(27-5)18(12-15)22(8-10-28-11-9-22)14-25-21(23-4)24-13-20-16(2)26-17(3)29-20/h6-7,12H,8-11,13-14H2,1-5H3,(H2,23,24,25). The van der Waals surface area contributed by atoms with Crippen molar-refractivity contribution in [2.45, 2.75) is 45.6 Å². The Morgan fingerprint density at radius 3 is 2.62 bits per heavy atom. The fourth-order valence-electron chi connectivity index (χ4n) is 3.91. The van der Waals surface area contributed by atoms with Crippen LogP contribution in [0.5, 0.6) is 5.75 Å². The van der Waals surface area contributed by atoms with E-state index < -0.39 is 0 Å². The highest BCUT2D eigenvalue weighted by Crippen LogP contribution is 2.40. The van der Waals surface area contributed by atoms with E-state index in [1.165, 1.54) is 16.0 Å². The summed E-state index contributed by atoms with van der Waals surface area (Å²) >= 11 is 1.73. The number of aliphatic imine (C=N–C) groups is 1. The third-order valence-electron chi connectivity index (χ3n) is 5.61. The predicted molar refractivity (Wildman–Crippen MR) is 119 cm³/mol. The topological polar surface area (TPSA) is 67.8 Å². The molecule has 1 fully saturated rings. The molecule has 1 saturated heterocycles. The maximum Gasteiger partial charge on any atom is 0.191 e. The lowest BCUT2D eigenvalue weighted by molar-refractivity contribution is 0.0505. The van der Waals surface area contributed by atoms with Gasteiger partial charge in [-0.15, -0.1) is 11.3 Å². The molecule has 2 N–H and O–H groups in total. The fraction of sp³-hybridized carbons (Fsp3) is 0.545. The summed E-state index contributed by atoms with van der Waals surface area (Å²) in [5, 5.41) is 8.09. The first-order valence-corrected chi connectivity index (χ1v) is 10.9. The second-order valence-electron chi connectivity index (χ2n) is 7.62. The van der Waals surface area contributed by atoms with Gasteiger partial charge in [0, 0.05) is 42.7 Å². The van der Waals surface area contributed by atoms with E-state index in [4.69, 9.17) is 9.47 Å². The lowest BCUT2D eigenvalue weighted by Crippen LogP contribution is -2.48. The molecule has 1 aromatic heterocycles. The summed E-state index contributed by atoms with van der Waals surface area (Å²) in [7, 11) is 3.55. The molecule has 3 rings (SSSR count). The Bertz CT molecular complexity index is 856. The van der Waals surface area contributed by atoms with Crippen LogP contribution in [0.25, 0.3) is 0 Å². The van der Waals surface area contributed by atoms with Crippen LogP contribution < -0.4 is 15.4 Å². The van der Waals surface area contributed by atoms with E-state index in [1.807, 2.05) is 14.0 Å². The second-order valence-corrected chi connectivity index (χ2v) is 8.90. The predicted octanol–water partition coefficient (Wildman–Crippen LogP) is 3.49. The van der Waals surface area contributed by atoms with E-state index in [2.05, 4.69) is 52.7 Å². The average molecular weight is 417 g/mol. The molecule has 2 aromatic rings. The quantitative estimate of drug-likeness (QED) is 0.557. The Morgan fingerprint density at radius 2 is 2.00 bits per heavy atom. The Balaban J connectivity index is 1.75. The molecule has 1 aliphatic heterocycles. The molecule has 0 atom stereocenters. The van der Waals surface area contributed by atoms with E-state index in [0.717, 1.165) is 61.6 Å². The molecule has 0 aliphatic carbocycles. The fourth-order valence-corrected chi connectivity index (χ4v) is 4.79. The second kappa shape index (κ2) is 9.59. The van der Waals surface area contributed by atoms with Gasteiger partial charge in [-0.05, 0) is 39.7 Å². The first-order valence-electron chi connectivity index (χ1n) is 10.1. The van der Waals surface area contributed by atoms with Crippen molar-refractivity contribution in [3.05, 3.63) is 44.9 Å². The summed E-state index contributed by atoms with van der Waals surface area (Å²) in [5.41, 5.74) is 3.52. The van der Waals surface area contributed by atoms with Crippen LogP contribution in [0.2, 0.25) is 0 Å². The molecule has 2 heterocycles. The number of benzene rings is 1. The summed E-state index contributed by atoms with van der Waals surface area (Å²) in [6.45, 7) is 9.23. The van der Waals surface area contributed by atoms with Gasteiger partial charge in [0.25, 0.3) is 0 Å². The average Bonchev–Trinajstić information content (AvgIpc) is 3.05. The van der Waals surface area contributed by atoms with Crippen LogP contribution in [0.15, 0.2) is 23.2 Å². The molecule has 158 valence electrons. The summed E-state index contributed by atoms with van der Waals surface area (Å²) in [6.07, 6.45) is 1.90. The zero-order valence-corrected chi connectivity index (χ0v) is 18.9. The van der Waals surface area contributed by atoms with Gasteiger partial charge in [0.05, 0.1) is 24.4 Å². The zero-order valence-electron chi connectivity index (χ0n) is 18.1. The number of guanidine groups is 1. The molecule has 0 bridgehead atoms. The van der Waals surface area contributed by atoms with Gasteiger partial charge in [-0.2, -0.15) is 0 Å². The van der Waals surface area contributed by atoms with Gasteiger partial charge in [-0.3, -0.25) is 4.99 Å². The lowest BCUT2D eigenvalue weighted by atomic mass is 9.73. The zero-order chi connectivity index (χ0) is 20.9. The van der Waals surface area contributed by atoms with Crippen LogP contribution in [-0.4, -0.2) is 44.9 Å². The van der Waals surface area contributed by atoms with Gasteiger partial charge in [-0.25, -0.2) is 4.98 Å². The molecule has 0 amide bonds. The third kappa shape index (κ3) is 5.08. The van der Waals surface area contributed by atoms with Crippen LogP contribution in [0, 0.1) is 20.8 Å². The van der Waals surface area contributed by atoms with Crippen molar-refractivity contribution < 1.29 is 9.47 Å². The third-order valence-corrected chi connectivity index (χ3v) is 6.68. The van der Waals surface area contributed by atoms with Crippen molar-refractivity contribution in [2.75, 3.05) is 33.9 Å². The van der Waals surface area contributed by atoms with E-state index in [1.54, 1.807) is 18.4 Å². The minimum absolute atomic E-state index is 0.0514. The molecule has 1 aliphatic rings. The molecule has 6 nitrogen and oxygen atoms in total. The van der Waals surface area contributed by atoms with E-state index in [-0.39, 0.29) is 5.41 Å². The van der Waals surface area contributed by atoms with Crippen molar-refractivity contribution in [2.24, 2.45) is 4.99 Å². The number of hydrogen-bond acceptors (Lipinski definition) is 5. The van der Waals surface area contributed by atoms with Crippen molar-refractivity contribution in [1.29, 1.82) is 0 Å². The lowest BCUT2D eigenvalue weighted by Gasteiger charge is -2.39. The van der Waals surface area contributed by atoms with Crippen molar-refractivity contribution in [3.8, 4) is 5.75 Å². The number of aromatic nitrogens is 1. The minimum atomic E-state index is -0.0514. The molecular weight excluding hydrogens is 384 g/mol. The molecule has 29 heavy (non-hydrogen) atoms. The molecule has 0 saturated carbocycles. The Morgan fingerprint density at radius 1 is 1.24 bits per heavy atom. The van der Waals surface area contributed by atoms with Crippen LogP contribution in [0.3, 0.4) is 0 Å². The molecule has 1 aromatic carbocycles. The number of nitrogens with one attached hydrogen (secondary N) is 2. The minimum Gasteiger partial charge on any atom is -0.496 e. The monoisotopic (exact) mass is 416 g/mol. The maximum atomic E-state index is 5.71. The van der Waals surface area contributed by atoms with Crippen LogP contribution in [0.1, 0.15) is 39.5 Å². The highest BCUT2D eigenvalue weighted by molar-refractivity contribution is 7.11. The summed E-state index contributed by atoms with van der Waals surface area (Å²) < 4.78 is 11.4. The summed E-state index contributed by atoms with van der Waals surface area (Å²) in [4.78, 5) is 10.2. The van der Waals surface area contributed by atoms with Gasteiger partial charge >= 0.3 is 0 Å². The van der Waals surface area contributed by atoms with Crippen molar-refractivity contribution in [3.63, 3.8) is 0 Å². The Kier molecular flexibility index (Phi) is 7.14. The Labute approximate surface area is 177 Å². The highest BCUT2D eigenvalue weighted by atomic mass is 32.1. The first kappa shape index (κ1) is 21.6. The van der Waals surface area contributed by atoms with Crippen LogP contribution in [0.4, 0.5) is 0 Å². The molecule has 7 heteroatoms. The van der Waals surface area contributed by atoms with Gasteiger partial charge in [0.1, 0.15) is 5.75 Å². The van der Waals surface area contributed by atoms with Gasteiger partial charge in [0.15, 0.2) is 5.96 Å². The van der Waals surface area contributed by atoms with Crippen LogP contribution in [-0.2, 0) is 16.7 Å². The molecular formula is C22H32N4O2S. The van der Waals surface area contributed by atoms with Crippen LogP contribution >= 0.6 is 11.3 Å². The number of aryl methyl sites for hydroxylation is 3. The highest BCUT2D eigenvalue weighted by Gasteiger charge is 2.37. The first-order chi connectivity index (χ1) is 14.0. The van der Waals surface area contributed by atoms with Crippen molar-refractivity contribution in [1.82, 2.24) is 15.6 Å². The number of methoxy groups -OCH3 is 1. The summed E-state index contributed by atoms with van der Waals surface area (Å²) in [6, 6.07) is 6.43. The number of rotatable bonds is 6. The number of thiazole rings is 1. The Hall–Kier alpha value is -2.12. The molecule has 0 radical (unpaired) electrons. The van der Waals surface area contributed by atoms with Crippen molar-refractivity contribution >= 4 is 17.3 Å². The van der Waals surface area contributed by atoms with Gasteiger partial charge in [-0.1, -0.05) is 17.7 Å². The number of ether oxygens (including phenoxy) is 2.